The molecular formula is C20H25FN4O2S. The van der Waals surface area contributed by atoms with E-state index in [2.05, 4.69) is 26.3 Å². The van der Waals surface area contributed by atoms with Crippen LogP contribution in [0.25, 0.3) is 11.1 Å². The lowest BCUT2D eigenvalue weighted by Gasteiger charge is -2.27. The molecular weight excluding hydrogens is 379 g/mol. The molecule has 3 rings (SSSR count). The van der Waals surface area contributed by atoms with Crippen molar-refractivity contribution >= 4 is 23.4 Å². The van der Waals surface area contributed by atoms with Gasteiger partial charge in [-0.3, -0.25) is 0 Å². The Hall–Kier alpha value is -2.19. The minimum atomic E-state index is -0.433. The van der Waals surface area contributed by atoms with Crippen LogP contribution in [-0.4, -0.2) is 52.5 Å². The first-order valence-corrected chi connectivity index (χ1v) is 10.7. The van der Waals surface area contributed by atoms with Gasteiger partial charge in [-0.1, -0.05) is 23.4 Å². The summed E-state index contributed by atoms with van der Waals surface area (Å²) in [5, 5.41) is 13.5. The van der Waals surface area contributed by atoms with Crippen molar-refractivity contribution in [2.45, 2.75) is 25.9 Å². The van der Waals surface area contributed by atoms with Crippen molar-refractivity contribution < 1.29 is 14.3 Å². The molecule has 0 aliphatic carbocycles. The molecule has 150 valence electrons. The average molecular weight is 405 g/mol. The van der Waals surface area contributed by atoms with Gasteiger partial charge in [-0.2, -0.15) is 11.8 Å². The van der Waals surface area contributed by atoms with Crippen LogP contribution in [0.3, 0.4) is 0 Å². The van der Waals surface area contributed by atoms with Gasteiger partial charge in [0.1, 0.15) is 12.4 Å². The van der Waals surface area contributed by atoms with Crippen molar-refractivity contribution in [3.63, 3.8) is 0 Å². The van der Waals surface area contributed by atoms with E-state index in [0.29, 0.717) is 23.7 Å². The van der Waals surface area contributed by atoms with Gasteiger partial charge < -0.3 is 14.8 Å². The highest BCUT2D eigenvalue weighted by Crippen LogP contribution is 2.25. The second-order valence-electron chi connectivity index (χ2n) is 6.53. The summed E-state index contributed by atoms with van der Waals surface area (Å²) in [6, 6.07) is 4.94. The zero-order chi connectivity index (χ0) is 19.8. The highest BCUT2D eigenvalue weighted by atomic mass is 32.2. The SMILES string of the molecule is CSCCCON=C1CCN(c2ncc(-c3cccc(CO)c3F)cn2)CC1. The molecule has 0 spiro atoms. The third-order valence-electron chi connectivity index (χ3n) is 4.60. The fourth-order valence-electron chi connectivity index (χ4n) is 3.01. The number of hydrogen-bond acceptors (Lipinski definition) is 7. The second-order valence-corrected chi connectivity index (χ2v) is 7.52. The summed E-state index contributed by atoms with van der Waals surface area (Å²) in [5.41, 5.74) is 2.32. The fraction of sp³-hybridized carbons (Fsp3) is 0.450. The molecule has 6 nitrogen and oxygen atoms in total. The number of benzene rings is 1. The lowest BCUT2D eigenvalue weighted by molar-refractivity contribution is 0.144. The van der Waals surface area contributed by atoms with E-state index in [1.54, 1.807) is 42.4 Å². The number of piperidine rings is 1. The summed E-state index contributed by atoms with van der Waals surface area (Å²) in [6.45, 7) is 1.88. The number of hydrogen-bond donors (Lipinski definition) is 1. The van der Waals surface area contributed by atoms with Crippen LogP contribution >= 0.6 is 11.8 Å². The Bertz CT molecular complexity index is 791. The first-order valence-electron chi connectivity index (χ1n) is 9.35. The van der Waals surface area contributed by atoms with E-state index in [0.717, 1.165) is 43.8 Å². The minimum absolute atomic E-state index is 0.264. The van der Waals surface area contributed by atoms with Crippen molar-refractivity contribution in [2.24, 2.45) is 5.16 Å². The van der Waals surface area contributed by atoms with E-state index < -0.39 is 5.82 Å². The molecule has 2 heterocycles. The van der Waals surface area contributed by atoms with Gasteiger partial charge in [0, 0.05) is 55.0 Å². The Morgan fingerprint density at radius 1 is 1.25 bits per heavy atom. The van der Waals surface area contributed by atoms with Gasteiger partial charge in [0.25, 0.3) is 0 Å². The summed E-state index contributed by atoms with van der Waals surface area (Å²) in [7, 11) is 0. The molecule has 1 aromatic carbocycles. The highest BCUT2D eigenvalue weighted by molar-refractivity contribution is 7.98. The van der Waals surface area contributed by atoms with Crippen molar-refractivity contribution in [1.29, 1.82) is 0 Å². The van der Waals surface area contributed by atoms with Gasteiger partial charge in [-0.05, 0) is 18.4 Å². The smallest absolute Gasteiger partial charge is 0.225 e. The molecule has 1 aliphatic heterocycles. The Kier molecular flexibility index (Phi) is 7.62. The first kappa shape index (κ1) is 20.5. The molecule has 0 bridgehead atoms. The molecule has 0 atom stereocenters. The number of aliphatic hydroxyl groups excluding tert-OH is 1. The van der Waals surface area contributed by atoms with Gasteiger partial charge >= 0.3 is 0 Å². The molecule has 1 aliphatic rings. The Balaban J connectivity index is 1.57. The number of thioether (sulfide) groups is 1. The summed E-state index contributed by atoms with van der Waals surface area (Å²) in [5.74, 6) is 1.28. The predicted molar refractivity (Wildman–Crippen MR) is 111 cm³/mol. The lowest BCUT2D eigenvalue weighted by Crippen LogP contribution is -2.35. The van der Waals surface area contributed by atoms with Crippen molar-refractivity contribution in [1.82, 2.24) is 9.97 Å². The van der Waals surface area contributed by atoms with E-state index in [1.165, 1.54) is 0 Å². The van der Waals surface area contributed by atoms with Crippen molar-refractivity contribution in [2.75, 3.05) is 36.6 Å². The van der Waals surface area contributed by atoms with Crippen LogP contribution < -0.4 is 4.90 Å². The number of aromatic nitrogens is 2. The van der Waals surface area contributed by atoms with Gasteiger partial charge in [0.05, 0.1) is 12.3 Å². The number of halogens is 1. The maximum absolute atomic E-state index is 14.4. The van der Waals surface area contributed by atoms with Crippen LogP contribution in [0.2, 0.25) is 0 Å². The molecule has 8 heteroatoms. The normalized spacial score (nSPS) is 14.2. The topological polar surface area (TPSA) is 70.8 Å². The third-order valence-corrected chi connectivity index (χ3v) is 5.30. The Morgan fingerprint density at radius 3 is 2.68 bits per heavy atom. The van der Waals surface area contributed by atoms with Crippen molar-refractivity contribution in [3.05, 3.63) is 42.0 Å². The summed E-state index contributed by atoms with van der Waals surface area (Å²) in [6.07, 6.45) is 7.98. The minimum Gasteiger partial charge on any atom is -0.396 e. The zero-order valence-corrected chi connectivity index (χ0v) is 16.8. The number of aliphatic hydroxyl groups is 1. The number of nitrogens with zero attached hydrogens (tertiary/aromatic N) is 4. The van der Waals surface area contributed by atoms with Gasteiger partial charge in [-0.25, -0.2) is 14.4 Å². The Labute approximate surface area is 168 Å². The summed E-state index contributed by atoms with van der Waals surface area (Å²) < 4.78 is 14.4. The van der Waals surface area contributed by atoms with Crippen LogP contribution in [0.15, 0.2) is 35.7 Å². The first-order chi connectivity index (χ1) is 13.7. The number of oxime groups is 1. The van der Waals surface area contributed by atoms with Crippen LogP contribution in [-0.2, 0) is 11.4 Å². The third kappa shape index (κ3) is 5.20. The summed E-state index contributed by atoms with van der Waals surface area (Å²) >= 11 is 1.81. The van der Waals surface area contributed by atoms with Crippen LogP contribution in [0, 0.1) is 5.82 Å². The molecule has 0 amide bonds. The molecule has 28 heavy (non-hydrogen) atoms. The monoisotopic (exact) mass is 404 g/mol. The van der Waals surface area contributed by atoms with E-state index in [1.807, 2.05) is 0 Å². The van der Waals surface area contributed by atoms with Gasteiger partial charge in [-0.15, -0.1) is 0 Å². The summed E-state index contributed by atoms with van der Waals surface area (Å²) in [4.78, 5) is 16.3. The van der Waals surface area contributed by atoms with E-state index >= 15 is 0 Å². The van der Waals surface area contributed by atoms with Crippen LogP contribution in [0.1, 0.15) is 24.8 Å². The predicted octanol–water partition coefficient (Wildman–Crippen LogP) is 3.50. The molecule has 1 N–H and O–H groups in total. The number of rotatable bonds is 8. The zero-order valence-electron chi connectivity index (χ0n) is 16.0. The molecule has 0 unspecified atom stereocenters. The van der Waals surface area contributed by atoms with Gasteiger partial charge in [0.2, 0.25) is 5.95 Å². The fourth-order valence-corrected chi connectivity index (χ4v) is 3.42. The maximum atomic E-state index is 14.4. The van der Waals surface area contributed by atoms with E-state index in [-0.39, 0.29) is 12.2 Å². The van der Waals surface area contributed by atoms with E-state index in [9.17, 15) is 9.50 Å². The number of anilines is 1. The molecule has 1 fully saturated rings. The van der Waals surface area contributed by atoms with Crippen molar-refractivity contribution in [3.8, 4) is 11.1 Å². The lowest BCUT2D eigenvalue weighted by atomic mass is 10.1. The quantitative estimate of drug-likeness (QED) is 0.536. The second kappa shape index (κ2) is 10.4. The van der Waals surface area contributed by atoms with E-state index in [4.69, 9.17) is 4.84 Å². The largest absolute Gasteiger partial charge is 0.396 e. The molecule has 1 saturated heterocycles. The Morgan fingerprint density at radius 2 is 2.00 bits per heavy atom. The molecule has 1 aromatic heterocycles. The molecule has 0 radical (unpaired) electrons. The molecule has 0 saturated carbocycles. The average Bonchev–Trinajstić information content (AvgIpc) is 2.74. The molecule has 2 aromatic rings. The standard InChI is InChI=1S/C20H25FN4O2S/c1-28-11-3-10-27-24-17-6-8-25(9-7-17)20-22-12-16(13-23-20)18-5-2-4-15(14-26)19(18)21/h2,4-5,12-13,26H,3,6-11,14H2,1H3. The van der Waals surface area contributed by atoms with Gasteiger partial charge in [0.15, 0.2) is 0 Å². The van der Waals surface area contributed by atoms with Crippen LogP contribution in [0.4, 0.5) is 10.3 Å². The maximum Gasteiger partial charge on any atom is 0.225 e. The van der Waals surface area contributed by atoms with Crippen LogP contribution in [0.5, 0.6) is 0 Å². The highest BCUT2D eigenvalue weighted by Gasteiger charge is 2.18.